The highest BCUT2D eigenvalue weighted by Gasteiger charge is 2.33. The topological polar surface area (TPSA) is 94.1 Å². The van der Waals surface area contributed by atoms with E-state index in [1.165, 1.54) is 25.3 Å². The summed E-state index contributed by atoms with van der Waals surface area (Å²) in [5, 5.41) is 0. The Morgan fingerprint density at radius 3 is 2.45 bits per heavy atom. The predicted octanol–water partition coefficient (Wildman–Crippen LogP) is 2.25. The SMILES string of the molecule is COc1cccc(OC)c1OCC(=O)N1CCCC1c1ncc(C(=O)N(C)C)c(C)n1. The molecule has 31 heavy (non-hydrogen) atoms. The molecular weight excluding hydrogens is 400 g/mol. The Morgan fingerprint density at radius 1 is 1.19 bits per heavy atom. The van der Waals surface area contributed by atoms with Crippen LogP contribution in [0.1, 0.15) is 40.8 Å². The minimum Gasteiger partial charge on any atom is -0.493 e. The molecule has 1 aromatic heterocycles. The molecule has 1 aromatic carbocycles. The molecule has 1 saturated heterocycles. The van der Waals surface area contributed by atoms with Crippen molar-refractivity contribution in [2.75, 3.05) is 41.5 Å². The van der Waals surface area contributed by atoms with Crippen molar-refractivity contribution in [2.45, 2.75) is 25.8 Å². The number of hydrogen-bond donors (Lipinski definition) is 0. The van der Waals surface area contributed by atoms with Crippen LogP contribution in [0, 0.1) is 6.92 Å². The van der Waals surface area contributed by atoms with Crippen LogP contribution in [0.2, 0.25) is 0 Å². The molecule has 1 fully saturated rings. The van der Waals surface area contributed by atoms with E-state index in [-0.39, 0.29) is 24.5 Å². The lowest BCUT2D eigenvalue weighted by Crippen LogP contribution is -2.35. The van der Waals surface area contributed by atoms with E-state index < -0.39 is 0 Å². The van der Waals surface area contributed by atoms with E-state index in [2.05, 4.69) is 9.97 Å². The first-order valence-electron chi connectivity index (χ1n) is 10.1. The second-order valence-electron chi connectivity index (χ2n) is 7.45. The van der Waals surface area contributed by atoms with Crippen molar-refractivity contribution in [1.82, 2.24) is 19.8 Å². The monoisotopic (exact) mass is 428 g/mol. The number of likely N-dealkylation sites (tertiary alicyclic amines) is 1. The quantitative estimate of drug-likeness (QED) is 0.668. The third-order valence-electron chi connectivity index (χ3n) is 5.23. The highest BCUT2D eigenvalue weighted by Crippen LogP contribution is 2.37. The molecule has 0 spiro atoms. The van der Waals surface area contributed by atoms with Crippen LogP contribution in [0.15, 0.2) is 24.4 Å². The lowest BCUT2D eigenvalue weighted by atomic mass is 10.1. The summed E-state index contributed by atoms with van der Waals surface area (Å²) in [5.41, 5.74) is 1.05. The fourth-order valence-corrected chi connectivity index (χ4v) is 3.61. The Bertz CT molecular complexity index is 941. The first-order valence-corrected chi connectivity index (χ1v) is 10.1. The predicted molar refractivity (Wildman–Crippen MR) is 114 cm³/mol. The van der Waals surface area contributed by atoms with Crippen molar-refractivity contribution in [3.8, 4) is 17.2 Å². The molecule has 1 unspecified atom stereocenters. The lowest BCUT2D eigenvalue weighted by Gasteiger charge is -2.24. The van der Waals surface area contributed by atoms with Gasteiger partial charge in [0.25, 0.3) is 11.8 Å². The molecule has 1 atom stereocenters. The summed E-state index contributed by atoms with van der Waals surface area (Å²) in [6, 6.07) is 5.02. The molecule has 2 heterocycles. The van der Waals surface area contributed by atoms with Crippen molar-refractivity contribution in [1.29, 1.82) is 0 Å². The number of rotatable bonds is 7. The molecule has 9 nitrogen and oxygen atoms in total. The van der Waals surface area contributed by atoms with Crippen molar-refractivity contribution in [2.24, 2.45) is 0 Å². The van der Waals surface area contributed by atoms with Crippen LogP contribution in [-0.2, 0) is 4.79 Å². The molecule has 9 heteroatoms. The van der Waals surface area contributed by atoms with Crippen molar-refractivity contribution < 1.29 is 23.8 Å². The van der Waals surface area contributed by atoms with Crippen LogP contribution in [0.3, 0.4) is 0 Å². The molecule has 0 saturated carbocycles. The van der Waals surface area contributed by atoms with Gasteiger partial charge in [-0.2, -0.15) is 0 Å². The van der Waals surface area contributed by atoms with Crippen LogP contribution >= 0.6 is 0 Å². The van der Waals surface area contributed by atoms with Gasteiger partial charge >= 0.3 is 0 Å². The van der Waals surface area contributed by atoms with E-state index in [9.17, 15) is 9.59 Å². The number of benzene rings is 1. The molecule has 0 N–H and O–H groups in total. The number of nitrogens with zero attached hydrogens (tertiary/aromatic N) is 4. The normalized spacial score (nSPS) is 15.5. The van der Waals surface area contributed by atoms with E-state index in [1.807, 2.05) is 0 Å². The Balaban J connectivity index is 1.75. The fourth-order valence-electron chi connectivity index (χ4n) is 3.61. The number of ether oxygens (including phenoxy) is 3. The highest BCUT2D eigenvalue weighted by molar-refractivity contribution is 5.94. The number of para-hydroxylation sites is 1. The number of carbonyl (C=O) groups is 2. The van der Waals surface area contributed by atoms with E-state index >= 15 is 0 Å². The Labute approximate surface area is 181 Å². The molecule has 0 bridgehead atoms. The zero-order valence-corrected chi connectivity index (χ0v) is 18.5. The minimum atomic E-state index is -0.252. The van der Waals surface area contributed by atoms with Crippen LogP contribution in [0.25, 0.3) is 0 Å². The summed E-state index contributed by atoms with van der Waals surface area (Å²) in [6.07, 6.45) is 3.14. The maximum absolute atomic E-state index is 13.0. The number of carbonyl (C=O) groups excluding carboxylic acids is 2. The molecule has 1 aliphatic heterocycles. The third kappa shape index (κ3) is 4.70. The third-order valence-corrected chi connectivity index (χ3v) is 5.23. The average molecular weight is 428 g/mol. The van der Waals surface area contributed by atoms with Gasteiger partial charge in [0.15, 0.2) is 23.9 Å². The van der Waals surface area contributed by atoms with Crippen molar-refractivity contribution in [3.05, 3.63) is 41.5 Å². The summed E-state index contributed by atoms with van der Waals surface area (Å²) >= 11 is 0. The summed E-state index contributed by atoms with van der Waals surface area (Å²) in [6.45, 7) is 2.21. The van der Waals surface area contributed by atoms with E-state index in [4.69, 9.17) is 14.2 Å². The van der Waals surface area contributed by atoms with Crippen LogP contribution in [0.5, 0.6) is 17.2 Å². The van der Waals surface area contributed by atoms with Gasteiger partial charge in [-0.25, -0.2) is 9.97 Å². The zero-order valence-electron chi connectivity index (χ0n) is 18.5. The number of amides is 2. The van der Waals surface area contributed by atoms with Gasteiger partial charge in [-0.3, -0.25) is 9.59 Å². The first kappa shape index (κ1) is 22.3. The van der Waals surface area contributed by atoms with Crippen molar-refractivity contribution in [3.63, 3.8) is 0 Å². The molecule has 0 aliphatic carbocycles. The van der Waals surface area contributed by atoms with Gasteiger partial charge < -0.3 is 24.0 Å². The Kier molecular flexibility index (Phi) is 6.94. The standard InChI is InChI=1S/C22H28N4O5/c1-14-15(22(28)25(2)3)12-23-21(24-14)16-8-7-11-26(16)19(27)13-31-20-17(29-4)9-6-10-18(20)30-5/h6,9-10,12,16H,7-8,11,13H2,1-5H3. The van der Waals surface area contributed by atoms with Gasteiger partial charge in [0, 0.05) is 26.8 Å². The molecule has 0 radical (unpaired) electrons. The van der Waals surface area contributed by atoms with Gasteiger partial charge in [-0.1, -0.05) is 6.07 Å². The largest absolute Gasteiger partial charge is 0.493 e. The number of aryl methyl sites for hydroxylation is 1. The van der Waals surface area contributed by atoms with Gasteiger partial charge in [-0.05, 0) is 31.9 Å². The smallest absolute Gasteiger partial charge is 0.261 e. The summed E-state index contributed by atoms with van der Waals surface area (Å²) in [5.74, 6) is 1.58. The lowest BCUT2D eigenvalue weighted by molar-refractivity contribution is -0.134. The molecule has 1 aliphatic rings. The van der Waals surface area contributed by atoms with Gasteiger partial charge in [-0.15, -0.1) is 0 Å². The Hall–Kier alpha value is -3.36. The van der Waals surface area contributed by atoms with Crippen LogP contribution in [0.4, 0.5) is 0 Å². The summed E-state index contributed by atoms with van der Waals surface area (Å²) < 4.78 is 16.4. The van der Waals surface area contributed by atoms with Crippen LogP contribution < -0.4 is 14.2 Å². The number of methoxy groups -OCH3 is 2. The van der Waals surface area contributed by atoms with Crippen molar-refractivity contribution >= 4 is 11.8 Å². The molecule has 3 rings (SSSR count). The number of aromatic nitrogens is 2. The summed E-state index contributed by atoms with van der Waals surface area (Å²) in [4.78, 5) is 37.3. The molecule has 166 valence electrons. The van der Waals surface area contributed by atoms with Gasteiger partial charge in [0.2, 0.25) is 5.75 Å². The fraction of sp³-hybridized carbons (Fsp3) is 0.455. The van der Waals surface area contributed by atoms with E-state index in [0.29, 0.717) is 40.9 Å². The zero-order chi connectivity index (χ0) is 22.5. The average Bonchev–Trinajstić information content (AvgIpc) is 3.26. The maximum Gasteiger partial charge on any atom is 0.261 e. The van der Waals surface area contributed by atoms with Gasteiger partial charge in [0.1, 0.15) is 0 Å². The Morgan fingerprint density at radius 2 is 1.87 bits per heavy atom. The van der Waals surface area contributed by atoms with Gasteiger partial charge in [0.05, 0.1) is 31.5 Å². The maximum atomic E-state index is 13.0. The minimum absolute atomic E-state index is 0.150. The first-order chi connectivity index (χ1) is 14.9. The van der Waals surface area contributed by atoms with E-state index in [1.54, 1.807) is 44.1 Å². The molecule has 2 aromatic rings. The highest BCUT2D eigenvalue weighted by atomic mass is 16.5. The van der Waals surface area contributed by atoms with Crippen LogP contribution in [-0.4, -0.2) is 73.0 Å². The van der Waals surface area contributed by atoms with E-state index in [0.717, 1.165) is 12.8 Å². The number of hydrogen-bond acceptors (Lipinski definition) is 7. The molecular formula is C22H28N4O5. The molecule has 2 amide bonds. The summed E-state index contributed by atoms with van der Waals surface area (Å²) in [7, 11) is 6.43. The second kappa shape index (κ2) is 9.63. The second-order valence-corrected chi connectivity index (χ2v) is 7.45.